The number of rotatable bonds is 7. The van der Waals surface area contributed by atoms with Gasteiger partial charge in [-0.15, -0.1) is 0 Å². The van der Waals surface area contributed by atoms with E-state index in [2.05, 4.69) is 5.32 Å². The Morgan fingerprint density at radius 2 is 1.97 bits per heavy atom. The van der Waals surface area contributed by atoms with E-state index in [0.29, 0.717) is 47.0 Å². The Bertz CT molecular complexity index is 1150. The van der Waals surface area contributed by atoms with E-state index in [-0.39, 0.29) is 10.6 Å². The van der Waals surface area contributed by atoms with E-state index in [9.17, 15) is 9.59 Å². The Labute approximate surface area is 190 Å². The monoisotopic (exact) mass is 462 g/mol. The highest BCUT2D eigenvalue weighted by Crippen LogP contribution is 2.30. The second-order valence-corrected chi connectivity index (χ2v) is 7.79. The topological polar surface area (TPSA) is 76.5 Å². The number of carbonyl (C=O) groups is 1. The molecule has 7 nitrogen and oxygen atoms in total. The Morgan fingerprint density at radius 1 is 1.23 bits per heavy atom. The molecular weight excluding hydrogens is 439 g/mol. The lowest BCUT2D eigenvalue weighted by Crippen LogP contribution is -2.39. The predicted octanol–water partition coefficient (Wildman–Crippen LogP) is 4.96. The SMILES string of the molecule is CCC(c1nc2ccccc2c(=O)n1CCOC)N(C)C(=O)Nc1cccc(Cl)c1Cl. The van der Waals surface area contributed by atoms with Gasteiger partial charge in [-0.25, -0.2) is 9.78 Å². The van der Waals surface area contributed by atoms with Gasteiger partial charge < -0.3 is 15.0 Å². The summed E-state index contributed by atoms with van der Waals surface area (Å²) in [6.07, 6.45) is 0.547. The average Bonchev–Trinajstić information content (AvgIpc) is 2.77. The number of carbonyl (C=O) groups excluding carboxylic acids is 1. The second kappa shape index (κ2) is 10.1. The van der Waals surface area contributed by atoms with Crippen LogP contribution in [0, 0.1) is 0 Å². The number of nitrogens with zero attached hydrogens (tertiary/aromatic N) is 3. The molecule has 3 aromatic rings. The highest BCUT2D eigenvalue weighted by molar-refractivity contribution is 6.43. The summed E-state index contributed by atoms with van der Waals surface area (Å²) in [5.74, 6) is 0.498. The Balaban J connectivity index is 2.01. The van der Waals surface area contributed by atoms with E-state index in [1.807, 2.05) is 13.0 Å². The molecule has 0 radical (unpaired) electrons. The number of halogens is 2. The predicted molar refractivity (Wildman–Crippen MR) is 124 cm³/mol. The first-order chi connectivity index (χ1) is 14.9. The molecule has 2 aromatic carbocycles. The van der Waals surface area contributed by atoms with Crippen LogP contribution in [-0.2, 0) is 11.3 Å². The number of methoxy groups -OCH3 is 1. The van der Waals surface area contributed by atoms with Crippen LogP contribution in [0.4, 0.5) is 10.5 Å². The summed E-state index contributed by atoms with van der Waals surface area (Å²) >= 11 is 12.3. The lowest BCUT2D eigenvalue weighted by atomic mass is 10.1. The molecule has 1 atom stereocenters. The standard InChI is InChI=1S/C22H24Cl2N4O3/c1-4-18(27(2)22(30)26-17-11-7-9-15(23)19(17)24)20-25-16-10-6-5-8-14(16)21(29)28(20)12-13-31-3/h5-11,18H,4,12-13H2,1-3H3,(H,26,30). The molecule has 1 N–H and O–H groups in total. The fourth-order valence-electron chi connectivity index (χ4n) is 3.41. The van der Waals surface area contributed by atoms with Gasteiger partial charge >= 0.3 is 6.03 Å². The molecule has 1 heterocycles. The van der Waals surface area contributed by atoms with Crippen LogP contribution in [0.25, 0.3) is 10.9 Å². The fraction of sp³-hybridized carbons (Fsp3) is 0.318. The molecule has 0 aliphatic heterocycles. The van der Waals surface area contributed by atoms with Crippen molar-refractivity contribution in [3.8, 4) is 0 Å². The number of nitrogens with one attached hydrogen (secondary N) is 1. The summed E-state index contributed by atoms with van der Waals surface area (Å²) in [7, 11) is 3.23. The Kier molecular flexibility index (Phi) is 7.54. The zero-order valence-electron chi connectivity index (χ0n) is 17.6. The summed E-state index contributed by atoms with van der Waals surface area (Å²) in [4.78, 5) is 32.4. The van der Waals surface area contributed by atoms with E-state index < -0.39 is 12.1 Å². The molecule has 0 fully saturated rings. The van der Waals surface area contributed by atoms with Gasteiger partial charge in [0.05, 0.1) is 45.8 Å². The van der Waals surface area contributed by atoms with E-state index in [4.69, 9.17) is 32.9 Å². The van der Waals surface area contributed by atoms with E-state index in [0.717, 1.165) is 0 Å². The third kappa shape index (κ3) is 4.84. The van der Waals surface area contributed by atoms with Crippen molar-refractivity contribution in [3.63, 3.8) is 0 Å². The number of hydrogen-bond donors (Lipinski definition) is 1. The van der Waals surface area contributed by atoms with Gasteiger partial charge in [0.15, 0.2) is 0 Å². The van der Waals surface area contributed by atoms with Crippen molar-refractivity contribution in [3.05, 3.63) is 68.7 Å². The zero-order chi connectivity index (χ0) is 22.5. The highest BCUT2D eigenvalue weighted by atomic mass is 35.5. The number of anilines is 1. The van der Waals surface area contributed by atoms with Crippen LogP contribution in [0.15, 0.2) is 47.3 Å². The van der Waals surface area contributed by atoms with Crippen molar-refractivity contribution in [2.45, 2.75) is 25.9 Å². The molecule has 0 saturated heterocycles. The van der Waals surface area contributed by atoms with Crippen LogP contribution in [0.2, 0.25) is 10.0 Å². The average molecular weight is 463 g/mol. The Morgan fingerprint density at radius 3 is 2.68 bits per heavy atom. The number of benzene rings is 2. The van der Waals surface area contributed by atoms with Crippen molar-refractivity contribution in [1.82, 2.24) is 14.5 Å². The lowest BCUT2D eigenvalue weighted by molar-refractivity contribution is 0.177. The molecule has 31 heavy (non-hydrogen) atoms. The summed E-state index contributed by atoms with van der Waals surface area (Å²) in [5.41, 5.74) is 0.827. The molecule has 2 amide bonds. The van der Waals surface area contributed by atoms with Gasteiger partial charge in [-0.2, -0.15) is 0 Å². The van der Waals surface area contributed by atoms with Crippen LogP contribution in [0.5, 0.6) is 0 Å². The minimum Gasteiger partial charge on any atom is -0.383 e. The molecule has 1 aromatic heterocycles. The summed E-state index contributed by atoms with van der Waals surface area (Å²) < 4.78 is 6.76. The number of para-hydroxylation sites is 1. The molecule has 0 aliphatic rings. The van der Waals surface area contributed by atoms with Crippen LogP contribution >= 0.6 is 23.2 Å². The van der Waals surface area contributed by atoms with Crippen molar-refractivity contribution in [1.29, 1.82) is 0 Å². The van der Waals surface area contributed by atoms with E-state index in [1.165, 1.54) is 4.90 Å². The zero-order valence-corrected chi connectivity index (χ0v) is 19.1. The van der Waals surface area contributed by atoms with Crippen molar-refractivity contribution < 1.29 is 9.53 Å². The first-order valence-electron chi connectivity index (χ1n) is 9.85. The third-order valence-electron chi connectivity index (χ3n) is 5.08. The molecule has 0 spiro atoms. The smallest absolute Gasteiger partial charge is 0.322 e. The quantitative estimate of drug-likeness (QED) is 0.537. The van der Waals surface area contributed by atoms with E-state index >= 15 is 0 Å². The van der Waals surface area contributed by atoms with E-state index in [1.54, 1.807) is 55.1 Å². The number of urea groups is 1. The first kappa shape index (κ1) is 23.1. The largest absolute Gasteiger partial charge is 0.383 e. The first-order valence-corrected chi connectivity index (χ1v) is 10.6. The summed E-state index contributed by atoms with van der Waals surface area (Å²) in [5, 5.41) is 3.91. The molecule has 164 valence electrons. The Hall–Kier alpha value is -2.61. The maximum Gasteiger partial charge on any atom is 0.322 e. The van der Waals surface area contributed by atoms with Crippen LogP contribution in [0.3, 0.4) is 0 Å². The van der Waals surface area contributed by atoms with Gasteiger partial charge in [-0.1, -0.05) is 48.3 Å². The molecule has 0 saturated carbocycles. The second-order valence-electron chi connectivity index (χ2n) is 7.00. The van der Waals surface area contributed by atoms with Gasteiger partial charge in [0.25, 0.3) is 5.56 Å². The number of aromatic nitrogens is 2. The van der Waals surface area contributed by atoms with Gasteiger partial charge in [0.2, 0.25) is 0 Å². The number of ether oxygens (including phenoxy) is 1. The molecule has 9 heteroatoms. The van der Waals surface area contributed by atoms with Gasteiger partial charge in [0.1, 0.15) is 5.82 Å². The van der Waals surface area contributed by atoms with Gasteiger partial charge in [-0.3, -0.25) is 9.36 Å². The number of fused-ring (bicyclic) bond motifs is 1. The fourth-order valence-corrected chi connectivity index (χ4v) is 3.76. The third-order valence-corrected chi connectivity index (χ3v) is 5.89. The maximum atomic E-state index is 13.2. The van der Waals surface area contributed by atoms with Crippen molar-refractivity contribution >= 4 is 45.8 Å². The molecule has 1 unspecified atom stereocenters. The molecule has 3 rings (SSSR count). The molecule has 0 bridgehead atoms. The molecule has 0 aliphatic carbocycles. The van der Waals surface area contributed by atoms with Crippen molar-refractivity contribution in [2.75, 3.05) is 26.1 Å². The lowest BCUT2D eigenvalue weighted by Gasteiger charge is -2.29. The summed E-state index contributed by atoms with van der Waals surface area (Å²) in [6.45, 7) is 2.61. The molecular formula is C22H24Cl2N4O3. The van der Waals surface area contributed by atoms with Crippen LogP contribution < -0.4 is 10.9 Å². The highest BCUT2D eigenvalue weighted by Gasteiger charge is 2.26. The van der Waals surface area contributed by atoms with Crippen LogP contribution in [-0.4, -0.2) is 41.2 Å². The summed E-state index contributed by atoms with van der Waals surface area (Å²) in [6, 6.07) is 11.3. The number of amides is 2. The normalized spacial score (nSPS) is 12.0. The minimum absolute atomic E-state index is 0.164. The van der Waals surface area contributed by atoms with Crippen LogP contribution in [0.1, 0.15) is 25.2 Å². The van der Waals surface area contributed by atoms with Gasteiger partial charge in [0, 0.05) is 14.2 Å². The maximum absolute atomic E-state index is 13.2. The van der Waals surface area contributed by atoms with Crippen molar-refractivity contribution in [2.24, 2.45) is 0 Å². The number of hydrogen-bond acceptors (Lipinski definition) is 4. The minimum atomic E-state index is -0.452. The van der Waals surface area contributed by atoms with Gasteiger partial charge in [-0.05, 0) is 30.7 Å².